The molecule has 0 radical (unpaired) electrons. The third kappa shape index (κ3) is 3.55. The number of carbonyl (C=O) groups excluding carboxylic acids is 1. The molecular weight excluding hydrogens is 373 g/mol. The Hall–Kier alpha value is -0.860. The topological polar surface area (TPSA) is 69.7 Å². The van der Waals surface area contributed by atoms with Gasteiger partial charge in [-0.2, -0.15) is 4.31 Å². The van der Waals surface area contributed by atoms with Crippen LogP contribution < -0.4 is 5.32 Å². The van der Waals surface area contributed by atoms with E-state index in [4.69, 9.17) is 23.2 Å². The van der Waals surface area contributed by atoms with E-state index in [9.17, 15) is 13.2 Å². The second kappa shape index (κ2) is 7.17. The Morgan fingerprint density at radius 2 is 1.88 bits per heavy atom. The van der Waals surface area contributed by atoms with Crippen LogP contribution in [-0.2, 0) is 14.8 Å². The van der Waals surface area contributed by atoms with Crippen molar-refractivity contribution in [2.75, 3.05) is 32.7 Å². The van der Waals surface area contributed by atoms with Crippen LogP contribution in [0.5, 0.6) is 0 Å². The maximum absolute atomic E-state index is 12.8. The normalized spacial score (nSPS) is 22.8. The number of amides is 1. The van der Waals surface area contributed by atoms with Gasteiger partial charge in [-0.05, 0) is 37.6 Å². The van der Waals surface area contributed by atoms with Crippen molar-refractivity contribution in [3.05, 3.63) is 28.2 Å². The standard InChI is InChI=1S/C15H19Cl2N3O3S/c16-11-3-4-12(17)14(10-11)24(22,23)20-8-6-19(7-9-20)15(21)13-2-1-5-18-13/h3-4,10,13,18H,1-2,5-9H2. The van der Waals surface area contributed by atoms with E-state index in [0.717, 1.165) is 19.4 Å². The number of carbonyl (C=O) groups is 1. The predicted octanol–water partition coefficient (Wildman–Crippen LogP) is 1.58. The summed E-state index contributed by atoms with van der Waals surface area (Å²) in [5, 5.41) is 3.64. The average Bonchev–Trinajstić information content (AvgIpc) is 3.11. The minimum Gasteiger partial charge on any atom is -0.339 e. The predicted molar refractivity (Wildman–Crippen MR) is 92.8 cm³/mol. The second-order valence-electron chi connectivity index (χ2n) is 5.95. The van der Waals surface area contributed by atoms with Crippen LogP contribution in [0.4, 0.5) is 0 Å². The molecule has 9 heteroatoms. The first-order chi connectivity index (χ1) is 11.4. The van der Waals surface area contributed by atoms with Crippen molar-refractivity contribution in [1.82, 2.24) is 14.5 Å². The van der Waals surface area contributed by atoms with Gasteiger partial charge in [0.25, 0.3) is 0 Å². The van der Waals surface area contributed by atoms with Crippen molar-refractivity contribution in [1.29, 1.82) is 0 Å². The highest BCUT2D eigenvalue weighted by Gasteiger charge is 2.34. The van der Waals surface area contributed by atoms with Gasteiger partial charge in [0, 0.05) is 31.2 Å². The Balaban J connectivity index is 1.69. The van der Waals surface area contributed by atoms with E-state index in [1.165, 1.54) is 16.4 Å². The molecular formula is C15H19Cl2N3O3S. The van der Waals surface area contributed by atoms with E-state index in [2.05, 4.69) is 5.32 Å². The summed E-state index contributed by atoms with van der Waals surface area (Å²) in [4.78, 5) is 14.1. The molecule has 1 amide bonds. The lowest BCUT2D eigenvalue weighted by molar-refractivity contribution is -0.134. The summed E-state index contributed by atoms with van der Waals surface area (Å²) in [6, 6.07) is 4.26. The molecule has 0 aromatic heterocycles. The summed E-state index contributed by atoms with van der Waals surface area (Å²) >= 11 is 11.9. The zero-order chi connectivity index (χ0) is 17.3. The van der Waals surface area contributed by atoms with Crippen LogP contribution in [0.15, 0.2) is 23.1 Å². The van der Waals surface area contributed by atoms with Crippen LogP contribution in [0.1, 0.15) is 12.8 Å². The molecule has 2 heterocycles. The summed E-state index contributed by atoms with van der Waals surface area (Å²) in [5.41, 5.74) is 0. The lowest BCUT2D eigenvalue weighted by atomic mass is 10.2. The minimum atomic E-state index is -3.72. The van der Waals surface area contributed by atoms with Gasteiger partial charge in [0.05, 0.1) is 11.1 Å². The molecule has 0 saturated carbocycles. The number of hydrogen-bond donors (Lipinski definition) is 1. The van der Waals surface area contributed by atoms with Crippen molar-refractivity contribution in [3.63, 3.8) is 0 Å². The summed E-state index contributed by atoms with van der Waals surface area (Å²) in [5.74, 6) is 0.0605. The van der Waals surface area contributed by atoms with Gasteiger partial charge in [-0.15, -0.1) is 0 Å². The van der Waals surface area contributed by atoms with Gasteiger partial charge in [0.2, 0.25) is 15.9 Å². The number of halogens is 2. The summed E-state index contributed by atoms with van der Waals surface area (Å²) in [7, 11) is -3.72. The largest absolute Gasteiger partial charge is 0.339 e. The highest BCUT2D eigenvalue weighted by molar-refractivity contribution is 7.89. The highest BCUT2D eigenvalue weighted by atomic mass is 35.5. The van der Waals surface area contributed by atoms with Crippen LogP contribution in [0.25, 0.3) is 0 Å². The molecule has 0 spiro atoms. The number of rotatable bonds is 3. The van der Waals surface area contributed by atoms with Gasteiger partial charge in [-0.3, -0.25) is 4.79 Å². The van der Waals surface area contributed by atoms with Gasteiger partial charge in [-0.1, -0.05) is 23.2 Å². The number of piperazine rings is 1. The number of nitrogens with one attached hydrogen (secondary N) is 1. The fourth-order valence-corrected chi connectivity index (χ4v) is 5.24. The fourth-order valence-electron chi connectivity index (χ4n) is 3.08. The number of sulfonamides is 1. The third-order valence-corrected chi connectivity index (χ3v) is 7.04. The average molecular weight is 392 g/mol. The van der Waals surface area contributed by atoms with Crippen LogP contribution >= 0.6 is 23.2 Å². The Labute approximate surface area is 151 Å². The van der Waals surface area contributed by atoms with Gasteiger partial charge in [0.1, 0.15) is 4.90 Å². The van der Waals surface area contributed by atoms with Crippen LogP contribution in [-0.4, -0.2) is 62.3 Å². The Morgan fingerprint density at radius 3 is 2.50 bits per heavy atom. The summed E-state index contributed by atoms with van der Waals surface area (Å²) in [6.45, 7) is 2.13. The van der Waals surface area contributed by atoms with Gasteiger partial charge in [-0.25, -0.2) is 8.42 Å². The molecule has 2 aliphatic rings. The molecule has 1 unspecified atom stereocenters. The zero-order valence-electron chi connectivity index (χ0n) is 13.0. The van der Waals surface area contributed by atoms with Gasteiger partial charge < -0.3 is 10.2 Å². The number of benzene rings is 1. The third-order valence-electron chi connectivity index (χ3n) is 4.42. The Morgan fingerprint density at radius 1 is 1.17 bits per heavy atom. The lowest BCUT2D eigenvalue weighted by Crippen LogP contribution is -2.54. The minimum absolute atomic E-state index is 0.00824. The van der Waals surface area contributed by atoms with Crippen molar-refractivity contribution in [2.24, 2.45) is 0 Å². The molecule has 1 aromatic rings. The van der Waals surface area contributed by atoms with E-state index in [1.54, 1.807) is 11.0 Å². The van der Waals surface area contributed by atoms with Crippen molar-refractivity contribution >= 4 is 39.1 Å². The first kappa shape index (κ1) is 17.9. The summed E-state index contributed by atoms with van der Waals surface area (Å²) < 4.78 is 26.9. The molecule has 6 nitrogen and oxygen atoms in total. The molecule has 0 aliphatic carbocycles. The van der Waals surface area contributed by atoms with Gasteiger partial charge >= 0.3 is 0 Å². The van der Waals surface area contributed by atoms with Crippen molar-refractivity contribution in [3.8, 4) is 0 Å². The maximum atomic E-state index is 12.8. The van der Waals surface area contributed by atoms with Crippen molar-refractivity contribution in [2.45, 2.75) is 23.8 Å². The SMILES string of the molecule is O=C(C1CCCN1)N1CCN(S(=O)(=O)c2cc(Cl)ccc2Cl)CC1. The highest BCUT2D eigenvalue weighted by Crippen LogP contribution is 2.28. The molecule has 0 bridgehead atoms. The first-order valence-electron chi connectivity index (χ1n) is 7.87. The van der Waals surface area contributed by atoms with Crippen LogP contribution in [0.3, 0.4) is 0 Å². The molecule has 1 N–H and O–H groups in total. The maximum Gasteiger partial charge on any atom is 0.244 e. The molecule has 1 aromatic carbocycles. The van der Waals surface area contributed by atoms with E-state index < -0.39 is 10.0 Å². The molecule has 2 aliphatic heterocycles. The molecule has 2 fully saturated rings. The number of hydrogen-bond acceptors (Lipinski definition) is 4. The van der Waals surface area contributed by atoms with E-state index in [0.29, 0.717) is 18.1 Å². The quantitative estimate of drug-likeness (QED) is 0.848. The fraction of sp³-hybridized carbons (Fsp3) is 0.533. The molecule has 2 saturated heterocycles. The van der Waals surface area contributed by atoms with Crippen LogP contribution in [0, 0.1) is 0 Å². The Bertz CT molecular complexity index is 727. The monoisotopic (exact) mass is 391 g/mol. The van der Waals surface area contributed by atoms with Crippen molar-refractivity contribution < 1.29 is 13.2 Å². The Kier molecular flexibility index (Phi) is 5.36. The first-order valence-corrected chi connectivity index (χ1v) is 10.1. The molecule has 1 atom stereocenters. The number of nitrogens with zero attached hydrogens (tertiary/aromatic N) is 2. The molecule has 24 heavy (non-hydrogen) atoms. The zero-order valence-corrected chi connectivity index (χ0v) is 15.4. The van der Waals surface area contributed by atoms with Crippen LogP contribution in [0.2, 0.25) is 10.0 Å². The second-order valence-corrected chi connectivity index (χ2v) is 8.70. The molecule has 132 valence electrons. The smallest absolute Gasteiger partial charge is 0.244 e. The van der Waals surface area contributed by atoms with E-state index >= 15 is 0 Å². The van der Waals surface area contributed by atoms with E-state index in [1.807, 2.05) is 0 Å². The van der Waals surface area contributed by atoms with E-state index in [-0.39, 0.29) is 35.0 Å². The molecule has 3 rings (SSSR count). The van der Waals surface area contributed by atoms with Gasteiger partial charge in [0.15, 0.2) is 0 Å². The summed E-state index contributed by atoms with van der Waals surface area (Å²) in [6.07, 6.45) is 1.84. The lowest BCUT2D eigenvalue weighted by Gasteiger charge is -2.35.